The Morgan fingerprint density at radius 2 is 2.19 bits per heavy atom. The van der Waals surface area contributed by atoms with Gasteiger partial charge in [-0.1, -0.05) is 15.9 Å². The van der Waals surface area contributed by atoms with E-state index in [1.807, 2.05) is 0 Å². The Labute approximate surface area is 107 Å². The van der Waals surface area contributed by atoms with Crippen LogP contribution in [0.5, 0.6) is 0 Å². The molecule has 0 bridgehead atoms. The molecule has 0 saturated carbocycles. The van der Waals surface area contributed by atoms with Gasteiger partial charge in [-0.05, 0) is 18.2 Å². The monoisotopic (exact) mass is 320 g/mol. The number of hydrogen-bond acceptors (Lipinski definition) is 4. The van der Waals surface area contributed by atoms with Crippen LogP contribution < -0.4 is 5.14 Å². The van der Waals surface area contributed by atoms with Gasteiger partial charge in [-0.15, -0.1) is 11.8 Å². The zero-order valence-electron chi connectivity index (χ0n) is 8.18. The number of rotatable bonds is 4. The molecular formula is C9H9BrN2O2S2. The van der Waals surface area contributed by atoms with Crippen LogP contribution in [0.25, 0.3) is 0 Å². The first-order chi connectivity index (χ1) is 7.42. The number of nitrogens with two attached hydrogens (primary N) is 1. The molecular weight excluding hydrogens is 312 g/mol. The Hall–Kier alpha value is -0.550. The second kappa shape index (κ2) is 5.68. The van der Waals surface area contributed by atoms with Crippen molar-refractivity contribution in [3.63, 3.8) is 0 Å². The minimum atomic E-state index is -3.44. The summed E-state index contributed by atoms with van der Waals surface area (Å²) in [6, 6.07) is 7.33. The van der Waals surface area contributed by atoms with Crippen molar-refractivity contribution in [1.29, 1.82) is 5.26 Å². The highest BCUT2D eigenvalue weighted by atomic mass is 79.9. The maximum Gasteiger partial charge on any atom is 0.209 e. The van der Waals surface area contributed by atoms with Crippen molar-refractivity contribution in [3.8, 4) is 6.07 Å². The molecule has 4 nitrogen and oxygen atoms in total. The van der Waals surface area contributed by atoms with Crippen LogP contribution >= 0.6 is 27.7 Å². The predicted octanol–water partition coefficient (Wildman–Crippen LogP) is 1.70. The lowest BCUT2D eigenvalue weighted by molar-refractivity contribution is 0.599. The van der Waals surface area contributed by atoms with Gasteiger partial charge in [-0.3, -0.25) is 0 Å². The summed E-state index contributed by atoms with van der Waals surface area (Å²) in [5.41, 5.74) is 0.522. The first-order valence-electron chi connectivity index (χ1n) is 4.25. The van der Waals surface area contributed by atoms with E-state index in [4.69, 9.17) is 10.4 Å². The molecule has 0 unspecified atom stereocenters. The van der Waals surface area contributed by atoms with Gasteiger partial charge < -0.3 is 0 Å². The van der Waals surface area contributed by atoms with Gasteiger partial charge in [0.15, 0.2) is 0 Å². The number of nitriles is 1. The Morgan fingerprint density at radius 1 is 1.50 bits per heavy atom. The van der Waals surface area contributed by atoms with E-state index in [-0.39, 0.29) is 5.75 Å². The molecule has 0 spiro atoms. The summed E-state index contributed by atoms with van der Waals surface area (Å²) < 4.78 is 22.3. The van der Waals surface area contributed by atoms with Crippen molar-refractivity contribution in [1.82, 2.24) is 0 Å². The van der Waals surface area contributed by atoms with E-state index in [1.54, 1.807) is 18.2 Å². The lowest BCUT2D eigenvalue weighted by Gasteiger charge is -2.03. The highest BCUT2D eigenvalue weighted by Gasteiger charge is 2.06. The van der Waals surface area contributed by atoms with E-state index in [2.05, 4.69) is 22.0 Å². The molecule has 0 atom stereocenters. The van der Waals surface area contributed by atoms with E-state index in [0.717, 1.165) is 9.37 Å². The summed E-state index contributed by atoms with van der Waals surface area (Å²) >= 11 is 4.57. The molecule has 1 rings (SSSR count). The van der Waals surface area contributed by atoms with Crippen molar-refractivity contribution >= 4 is 37.7 Å². The van der Waals surface area contributed by atoms with Gasteiger partial charge in [0.25, 0.3) is 0 Å². The van der Waals surface area contributed by atoms with Gasteiger partial charge in [0.05, 0.1) is 11.3 Å². The fraction of sp³-hybridized carbons (Fsp3) is 0.222. The Kier molecular flexibility index (Phi) is 4.80. The number of primary sulfonamides is 1. The quantitative estimate of drug-likeness (QED) is 0.856. The molecule has 0 fully saturated rings. The molecule has 0 aromatic heterocycles. The summed E-state index contributed by atoms with van der Waals surface area (Å²) in [6.07, 6.45) is 0. The van der Waals surface area contributed by atoms with Crippen LogP contribution in [0.4, 0.5) is 0 Å². The minimum absolute atomic E-state index is 0.0986. The molecule has 0 aliphatic carbocycles. The Morgan fingerprint density at radius 3 is 2.75 bits per heavy atom. The lowest BCUT2D eigenvalue weighted by Crippen LogP contribution is -2.17. The first kappa shape index (κ1) is 13.5. The van der Waals surface area contributed by atoms with Crippen LogP contribution in [-0.4, -0.2) is 19.9 Å². The topological polar surface area (TPSA) is 83.9 Å². The summed E-state index contributed by atoms with van der Waals surface area (Å²) in [6.45, 7) is 0. The van der Waals surface area contributed by atoms with Gasteiger partial charge in [0.2, 0.25) is 10.0 Å². The average molecular weight is 321 g/mol. The third kappa shape index (κ3) is 4.53. The molecule has 1 aromatic rings. The van der Waals surface area contributed by atoms with Crippen molar-refractivity contribution in [2.45, 2.75) is 4.90 Å². The zero-order chi connectivity index (χ0) is 12.2. The first-order valence-corrected chi connectivity index (χ1v) is 7.75. The van der Waals surface area contributed by atoms with Gasteiger partial charge in [0, 0.05) is 15.1 Å². The third-order valence-electron chi connectivity index (χ3n) is 1.69. The molecule has 0 saturated heterocycles. The van der Waals surface area contributed by atoms with E-state index < -0.39 is 10.0 Å². The second-order valence-corrected chi connectivity index (χ2v) is 6.75. The number of hydrogen-bond donors (Lipinski definition) is 1. The van der Waals surface area contributed by atoms with Crippen LogP contribution in [-0.2, 0) is 10.0 Å². The standard InChI is InChI=1S/C9H9BrN2O2S2/c10-8-1-2-9(7(5-8)6-11)15-3-4-16(12,13)14/h1-2,5H,3-4H2,(H2,12,13,14). The molecule has 0 heterocycles. The molecule has 7 heteroatoms. The smallest absolute Gasteiger partial charge is 0.209 e. The third-order valence-corrected chi connectivity index (χ3v) is 4.29. The highest BCUT2D eigenvalue weighted by molar-refractivity contribution is 9.10. The molecule has 86 valence electrons. The average Bonchev–Trinajstić information content (AvgIpc) is 2.18. The van der Waals surface area contributed by atoms with Crippen LogP contribution in [0.15, 0.2) is 27.6 Å². The number of sulfonamides is 1. The summed E-state index contributed by atoms with van der Waals surface area (Å²) in [4.78, 5) is 0.759. The predicted molar refractivity (Wildman–Crippen MR) is 67.6 cm³/mol. The summed E-state index contributed by atoms with van der Waals surface area (Å²) in [7, 11) is -3.44. The maximum absolute atomic E-state index is 10.7. The van der Waals surface area contributed by atoms with Crippen molar-refractivity contribution in [2.24, 2.45) is 5.14 Å². The summed E-state index contributed by atoms with van der Waals surface area (Å²) in [5.74, 6) is 0.244. The van der Waals surface area contributed by atoms with E-state index >= 15 is 0 Å². The SMILES string of the molecule is N#Cc1cc(Br)ccc1SCCS(N)(=O)=O. The molecule has 0 aliphatic rings. The second-order valence-electron chi connectivity index (χ2n) is 2.97. The van der Waals surface area contributed by atoms with E-state index in [1.165, 1.54) is 11.8 Å². The number of halogens is 1. The molecule has 16 heavy (non-hydrogen) atoms. The molecule has 1 aromatic carbocycles. The van der Waals surface area contributed by atoms with Crippen LogP contribution in [0, 0.1) is 11.3 Å². The van der Waals surface area contributed by atoms with Crippen LogP contribution in [0.2, 0.25) is 0 Å². The molecule has 0 radical (unpaired) electrons. The number of thioether (sulfide) groups is 1. The fourth-order valence-electron chi connectivity index (χ4n) is 0.983. The van der Waals surface area contributed by atoms with Crippen LogP contribution in [0.1, 0.15) is 5.56 Å². The number of benzene rings is 1. The Bertz CT molecular complexity index is 523. The Balaban J connectivity index is 2.72. The van der Waals surface area contributed by atoms with Crippen molar-refractivity contribution < 1.29 is 8.42 Å². The highest BCUT2D eigenvalue weighted by Crippen LogP contribution is 2.25. The largest absolute Gasteiger partial charge is 0.229 e. The van der Waals surface area contributed by atoms with Gasteiger partial charge in [-0.2, -0.15) is 5.26 Å². The molecule has 2 N–H and O–H groups in total. The van der Waals surface area contributed by atoms with Gasteiger partial charge >= 0.3 is 0 Å². The van der Waals surface area contributed by atoms with Crippen LogP contribution in [0.3, 0.4) is 0 Å². The van der Waals surface area contributed by atoms with Gasteiger partial charge in [-0.25, -0.2) is 13.6 Å². The lowest BCUT2D eigenvalue weighted by atomic mass is 10.2. The fourth-order valence-corrected chi connectivity index (χ4v) is 3.25. The number of nitrogens with zero attached hydrogens (tertiary/aromatic N) is 1. The molecule has 0 aliphatic heterocycles. The molecule has 0 amide bonds. The van der Waals surface area contributed by atoms with Gasteiger partial charge in [0.1, 0.15) is 6.07 Å². The normalized spacial score (nSPS) is 11.1. The van der Waals surface area contributed by atoms with E-state index in [0.29, 0.717) is 11.3 Å². The maximum atomic E-state index is 10.7. The van der Waals surface area contributed by atoms with Crippen molar-refractivity contribution in [2.75, 3.05) is 11.5 Å². The van der Waals surface area contributed by atoms with Crippen molar-refractivity contribution in [3.05, 3.63) is 28.2 Å². The minimum Gasteiger partial charge on any atom is -0.229 e. The van der Waals surface area contributed by atoms with E-state index in [9.17, 15) is 8.42 Å². The summed E-state index contributed by atoms with van der Waals surface area (Å²) in [5, 5.41) is 13.8. The zero-order valence-corrected chi connectivity index (χ0v) is 11.4.